The third-order valence-electron chi connectivity index (χ3n) is 5.29. The summed E-state index contributed by atoms with van der Waals surface area (Å²) in [5.74, 6) is 0.875. The molecule has 1 nitrogen and oxygen atoms in total. The topological polar surface area (TPSA) is 11.3 Å². The minimum Gasteiger partial charge on any atom is -0.418 e. The maximum Gasteiger partial charge on any atom is 0.673 e. The highest BCUT2D eigenvalue weighted by Crippen LogP contribution is 2.45. The average Bonchev–Trinajstić information content (AvgIpc) is 2.89. The fourth-order valence-electron chi connectivity index (χ4n) is 3.90. The Morgan fingerprint density at radius 1 is 0.429 bits per heavy atom. The largest absolute Gasteiger partial charge is 0.673 e. The zero-order chi connectivity index (χ0) is 24.7. The van der Waals surface area contributed by atoms with E-state index >= 15 is 0 Å². The molecule has 0 saturated heterocycles. The van der Waals surface area contributed by atoms with E-state index in [9.17, 15) is 17.3 Å². The molecule has 35 heavy (non-hydrogen) atoms. The molecule has 0 aliphatic carbocycles. The van der Waals surface area contributed by atoms with Crippen LogP contribution in [0.1, 0.15) is 0 Å². The molecule has 0 bridgehead atoms. The fourth-order valence-corrected chi connectivity index (χ4v) is 3.90. The molecule has 0 atom stereocenters. The van der Waals surface area contributed by atoms with Crippen molar-refractivity contribution in [1.29, 1.82) is 0 Å². The SMILES string of the molecule is F[B-](F)(F)F.c1ccc(-c2c[o+]c(-c3ccccc3)c(-c3ccccc3)c2-c2ccccc2)cc1. The smallest absolute Gasteiger partial charge is 0.418 e. The summed E-state index contributed by atoms with van der Waals surface area (Å²) in [7, 11) is -6.00. The molecule has 0 N–H and O–H groups in total. The molecule has 0 spiro atoms. The highest BCUT2D eigenvalue weighted by Gasteiger charge is 2.28. The number of rotatable bonds is 4. The maximum absolute atomic E-state index is 9.75. The van der Waals surface area contributed by atoms with Gasteiger partial charge < -0.3 is 17.3 Å². The van der Waals surface area contributed by atoms with E-state index in [1.54, 1.807) is 0 Å². The second kappa shape index (κ2) is 10.8. The van der Waals surface area contributed by atoms with Crippen molar-refractivity contribution in [3.05, 3.63) is 128 Å². The highest BCUT2D eigenvalue weighted by molar-refractivity contribution is 6.50. The Labute approximate surface area is 201 Å². The second-order valence-electron chi connectivity index (χ2n) is 7.69. The quantitative estimate of drug-likeness (QED) is 0.144. The van der Waals surface area contributed by atoms with Crippen LogP contribution >= 0.6 is 0 Å². The minimum absolute atomic E-state index is 0.875. The Hall–Kier alpha value is -4.19. The minimum atomic E-state index is -6.00. The zero-order valence-corrected chi connectivity index (χ0v) is 18.6. The Balaban J connectivity index is 0.000000527. The molecule has 174 valence electrons. The molecule has 1 heterocycles. The van der Waals surface area contributed by atoms with Crippen molar-refractivity contribution in [2.75, 3.05) is 0 Å². The van der Waals surface area contributed by atoms with Crippen LogP contribution in [0, 0.1) is 0 Å². The van der Waals surface area contributed by atoms with Crippen molar-refractivity contribution in [3.8, 4) is 44.7 Å². The van der Waals surface area contributed by atoms with Crippen molar-refractivity contribution in [1.82, 2.24) is 0 Å². The van der Waals surface area contributed by atoms with Gasteiger partial charge in [-0.15, -0.1) is 0 Å². The number of hydrogen-bond acceptors (Lipinski definition) is 0. The Kier molecular flexibility index (Phi) is 7.41. The molecule has 5 aromatic rings. The summed E-state index contributed by atoms with van der Waals surface area (Å²) < 4.78 is 45.3. The van der Waals surface area contributed by atoms with Crippen LogP contribution in [0.3, 0.4) is 0 Å². The molecule has 0 amide bonds. The summed E-state index contributed by atoms with van der Waals surface area (Å²) in [6.45, 7) is 0. The lowest BCUT2D eigenvalue weighted by molar-refractivity contribution is 0.368. The number of halogens is 4. The molecule has 1 aromatic heterocycles. The Bertz CT molecular complexity index is 1250. The molecule has 0 aliphatic heterocycles. The predicted octanol–water partition coefficient (Wildman–Crippen LogP) is 9.53. The van der Waals surface area contributed by atoms with Crippen LogP contribution in [-0.4, -0.2) is 7.25 Å². The van der Waals surface area contributed by atoms with E-state index in [4.69, 9.17) is 4.42 Å². The van der Waals surface area contributed by atoms with E-state index in [-0.39, 0.29) is 0 Å². The molecular formula is C29H21BF4O. The normalized spacial score (nSPS) is 10.9. The Morgan fingerprint density at radius 2 is 0.771 bits per heavy atom. The molecule has 5 rings (SSSR count). The maximum atomic E-state index is 9.75. The first-order chi connectivity index (χ1) is 16.9. The summed E-state index contributed by atoms with van der Waals surface area (Å²) in [5, 5.41) is 0. The lowest BCUT2D eigenvalue weighted by atomic mass is 9.87. The van der Waals surface area contributed by atoms with Gasteiger partial charge in [-0.05, 0) is 28.8 Å². The van der Waals surface area contributed by atoms with Gasteiger partial charge in [0.05, 0.1) is 16.7 Å². The zero-order valence-electron chi connectivity index (χ0n) is 18.6. The lowest BCUT2D eigenvalue weighted by Gasteiger charge is -2.13. The molecule has 0 radical (unpaired) electrons. The molecule has 0 fully saturated rings. The molecule has 0 saturated carbocycles. The van der Waals surface area contributed by atoms with E-state index in [2.05, 4.69) is 91.0 Å². The molecular weight excluding hydrogens is 451 g/mol. The van der Waals surface area contributed by atoms with E-state index in [1.165, 1.54) is 11.1 Å². The van der Waals surface area contributed by atoms with E-state index in [1.807, 2.05) is 36.6 Å². The standard InChI is InChI=1S/C29H21O.BF4/c1-5-13-22(14-6-1)26-21-30-29(25-19-11-4-12-20-25)28(24-17-9-3-10-18-24)27(26)23-15-7-2-8-16-23;2-1(3,4)5/h1-21H;/q+1;-1. The van der Waals surface area contributed by atoms with Crippen LogP contribution in [0.4, 0.5) is 17.3 Å². The van der Waals surface area contributed by atoms with Gasteiger partial charge in [-0.2, -0.15) is 0 Å². The van der Waals surface area contributed by atoms with Gasteiger partial charge in [0.2, 0.25) is 0 Å². The van der Waals surface area contributed by atoms with Crippen LogP contribution < -0.4 is 0 Å². The fraction of sp³-hybridized carbons (Fsp3) is 0. The number of hydrogen-bond donors (Lipinski definition) is 0. The van der Waals surface area contributed by atoms with Gasteiger partial charge in [0.25, 0.3) is 0 Å². The van der Waals surface area contributed by atoms with Crippen molar-refractivity contribution in [3.63, 3.8) is 0 Å². The van der Waals surface area contributed by atoms with Gasteiger partial charge in [0, 0.05) is 5.56 Å². The second-order valence-corrected chi connectivity index (χ2v) is 7.69. The van der Waals surface area contributed by atoms with E-state index in [0.717, 1.165) is 33.6 Å². The van der Waals surface area contributed by atoms with E-state index < -0.39 is 7.25 Å². The van der Waals surface area contributed by atoms with Crippen LogP contribution in [0.5, 0.6) is 0 Å². The number of benzene rings is 4. The van der Waals surface area contributed by atoms with Crippen LogP contribution in [0.25, 0.3) is 44.7 Å². The van der Waals surface area contributed by atoms with Crippen LogP contribution in [-0.2, 0) is 0 Å². The van der Waals surface area contributed by atoms with Crippen molar-refractivity contribution in [2.45, 2.75) is 0 Å². The summed E-state index contributed by atoms with van der Waals surface area (Å²) in [6, 6.07) is 41.8. The third-order valence-corrected chi connectivity index (χ3v) is 5.29. The van der Waals surface area contributed by atoms with Gasteiger partial charge >= 0.3 is 19.3 Å². The van der Waals surface area contributed by atoms with Crippen molar-refractivity contribution >= 4 is 7.25 Å². The molecule has 6 heteroatoms. The van der Waals surface area contributed by atoms with Gasteiger partial charge in [-0.1, -0.05) is 109 Å². The third kappa shape index (κ3) is 6.24. The first-order valence-electron chi connectivity index (χ1n) is 11.0. The first kappa shape index (κ1) is 24.0. The van der Waals surface area contributed by atoms with Gasteiger partial charge in [0.15, 0.2) is 0 Å². The lowest BCUT2D eigenvalue weighted by Crippen LogP contribution is -2.02. The van der Waals surface area contributed by atoms with Crippen molar-refractivity contribution < 1.29 is 21.7 Å². The summed E-state index contributed by atoms with van der Waals surface area (Å²) in [5.41, 5.74) is 7.87. The molecule has 0 aliphatic rings. The summed E-state index contributed by atoms with van der Waals surface area (Å²) in [6.07, 6.45) is 1.90. The summed E-state index contributed by atoms with van der Waals surface area (Å²) >= 11 is 0. The molecule has 4 aromatic carbocycles. The molecule has 0 unspecified atom stereocenters. The van der Waals surface area contributed by atoms with Gasteiger partial charge in [-0.25, -0.2) is 4.42 Å². The average molecular weight is 472 g/mol. The highest BCUT2D eigenvalue weighted by atomic mass is 19.5. The predicted molar refractivity (Wildman–Crippen MR) is 135 cm³/mol. The van der Waals surface area contributed by atoms with Crippen molar-refractivity contribution in [2.24, 2.45) is 0 Å². The van der Waals surface area contributed by atoms with E-state index in [0.29, 0.717) is 0 Å². The monoisotopic (exact) mass is 472 g/mol. The van der Waals surface area contributed by atoms with Crippen LogP contribution in [0.15, 0.2) is 132 Å². The summed E-state index contributed by atoms with van der Waals surface area (Å²) in [4.78, 5) is 0. The van der Waals surface area contributed by atoms with Crippen LogP contribution in [0.2, 0.25) is 0 Å². The van der Waals surface area contributed by atoms with Gasteiger partial charge in [-0.3, -0.25) is 0 Å². The Morgan fingerprint density at radius 3 is 1.20 bits per heavy atom. The first-order valence-corrected chi connectivity index (χ1v) is 11.0. The van der Waals surface area contributed by atoms with Gasteiger partial charge in [0.1, 0.15) is 0 Å².